The molecule has 1 heterocycles. The standard InChI is InChI=1S/C18H34O3.Na/c1-2-3-4-5-7-10-13-16-17(21-16)14-11-8-6-9-12-15-18(19)20;/h16-17H,2-15H2,1H3,(H,19,20);/q;+1/p-1. The van der Waals surface area contributed by atoms with Crippen molar-refractivity contribution in [3.63, 3.8) is 0 Å². The quantitative estimate of drug-likeness (QED) is 0.257. The van der Waals surface area contributed by atoms with Gasteiger partial charge in [0.1, 0.15) is 0 Å². The Hall–Kier alpha value is 0.430. The number of aliphatic carboxylic acids is 1. The van der Waals surface area contributed by atoms with E-state index in [0.717, 1.165) is 19.3 Å². The molecule has 0 N–H and O–H groups in total. The molecule has 0 aromatic heterocycles. The van der Waals surface area contributed by atoms with E-state index in [0.29, 0.717) is 12.2 Å². The van der Waals surface area contributed by atoms with Gasteiger partial charge in [0.25, 0.3) is 0 Å². The first-order chi connectivity index (χ1) is 10.2. The molecule has 0 radical (unpaired) electrons. The van der Waals surface area contributed by atoms with Crippen LogP contribution in [0.25, 0.3) is 0 Å². The Morgan fingerprint density at radius 1 is 0.818 bits per heavy atom. The number of carbonyl (C=O) groups excluding carboxylic acids is 1. The minimum atomic E-state index is -0.918. The van der Waals surface area contributed by atoms with E-state index in [1.165, 1.54) is 64.2 Å². The van der Waals surface area contributed by atoms with E-state index < -0.39 is 5.97 Å². The van der Waals surface area contributed by atoms with Crippen LogP contribution in [0.5, 0.6) is 0 Å². The van der Waals surface area contributed by atoms with Gasteiger partial charge in [0, 0.05) is 5.97 Å². The largest absolute Gasteiger partial charge is 1.00 e. The van der Waals surface area contributed by atoms with Crippen LogP contribution in [-0.4, -0.2) is 18.2 Å². The average molecular weight is 320 g/mol. The molecule has 0 bridgehead atoms. The van der Waals surface area contributed by atoms with Gasteiger partial charge >= 0.3 is 29.6 Å². The minimum Gasteiger partial charge on any atom is -0.550 e. The van der Waals surface area contributed by atoms with Crippen molar-refractivity contribution in [2.24, 2.45) is 0 Å². The van der Waals surface area contributed by atoms with E-state index in [-0.39, 0.29) is 36.0 Å². The summed E-state index contributed by atoms with van der Waals surface area (Å²) in [7, 11) is 0. The zero-order chi connectivity index (χ0) is 15.3. The monoisotopic (exact) mass is 320 g/mol. The number of carbonyl (C=O) groups is 1. The third-order valence-electron chi connectivity index (χ3n) is 4.40. The van der Waals surface area contributed by atoms with Crippen molar-refractivity contribution in [1.29, 1.82) is 0 Å². The summed E-state index contributed by atoms with van der Waals surface area (Å²) in [4.78, 5) is 10.3. The number of rotatable bonds is 15. The van der Waals surface area contributed by atoms with Gasteiger partial charge in [0.05, 0.1) is 12.2 Å². The van der Waals surface area contributed by atoms with E-state index in [9.17, 15) is 9.90 Å². The molecule has 4 heteroatoms. The fourth-order valence-corrected chi connectivity index (χ4v) is 2.96. The van der Waals surface area contributed by atoms with Crippen LogP contribution in [0.4, 0.5) is 0 Å². The summed E-state index contributed by atoms with van der Waals surface area (Å²) in [5.41, 5.74) is 0. The van der Waals surface area contributed by atoms with Crippen LogP contribution in [0.2, 0.25) is 0 Å². The smallest absolute Gasteiger partial charge is 0.550 e. The second-order valence-electron chi connectivity index (χ2n) is 6.45. The second kappa shape index (κ2) is 15.0. The molecule has 0 aromatic carbocycles. The molecule has 2 atom stereocenters. The summed E-state index contributed by atoms with van der Waals surface area (Å²) < 4.78 is 5.72. The summed E-state index contributed by atoms with van der Waals surface area (Å²) in [5.74, 6) is -0.918. The van der Waals surface area contributed by atoms with Gasteiger partial charge in [0.2, 0.25) is 0 Å². The first-order valence-electron chi connectivity index (χ1n) is 9.09. The van der Waals surface area contributed by atoms with E-state index >= 15 is 0 Å². The SMILES string of the molecule is CCCCCCCCC1OC1CCCCCCCC(=O)[O-].[Na+]. The molecule has 22 heavy (non-hydrogen) atoms. The summed E-state index contributed by atoms with van der Waals surface area (Å²) in [6.07, 6.45) is 17.3. The second-order valence-corrected chi connectivity index (χ2v) is 6.45. The summed E-state index contributed by atoms with van der Waals surface area (Å²) >= 11 is 0. The third kappa shape index (κ3) is 12.9. The number of ether oxygens (including phenoxy) is 1. The maximum atomic E-state index is 10.3. The van der Waals surface area contributed by atoms with E-state index in [1.54, 1.807) is 0 Å². The number of carboxylic acids is 1. The summed E-state index contributed by atoms with van der Waals surface area (Å²) in [6, 6.07) is 0. The molecule has 1 aliphatic heterocycles. The predicted octanol–water partition coefficient (Wildman–Crippen LogP) is 0.989. The van der Waals surface area contributed by atoms with Crippen molar-refractivity contribution in [3.8, 4) is 0 Å². The summed E-state index contributed by atoms with van der Waals surface area (Å²) in [5, 5.41) is 10.3. The first kappa shape index (κ1) is 22.4. The molecule has 1 rings (SSSR count). The molecular weight excluding hydrogens is 287 g/mol. The Morgan fingerprint density at radius 2 is 1.27 bits per heavy atom. The van der Waals surface area contributed by atoms with Crippen LogP contribution in [-0.2, 0) is 9.53 Å². The fourth-order valence-electron chi connectivity index (χ4n) is 2.96. The molecule has 0 saturated carbocycles. The van der Waals surface area contributed by atoms with Crippen molar-refractivity contribution in [2.75, 3.05) is 0 Å². The van der Waals surface area contributed by atoms with Crippen molar-refractivity contribution < 1.29 is 44.2 Å². The van der Waals surface area contributed by atoms with Gasteiger partial charge in [-0.2, -0.15) is 0 Å². The Labute approximate surface area is 158 Å². The Kier molecular flexibility index (Phi) is 15.3. The summed E-state index contributed by atoms with van der Waals surface area (Å²) in [6.45, 7) is 2.26. The van der Waals surface area contributed by atoms with Crippen molar-refractivity contribution >= 4 is 5.97 Å². The van der Waals surface area contributed by atoms with Crippen LogP contribution >= 0.6 is 0 Å². The number of unbranched alkanes of at least 4 members (excludes halogenated alkanes) is 9. The van der Waals surface area contributed by atoms with Crippen LogP contribution < -0.4 is 34.7 Å². The minimum absolute atomic E-state index is 0. The molecule has 0 amide bonds. The first-order valence-corrected chi connectivity index (χ1v) is 9.09. The fraction of sp³-hybridized carbons (Fsp3) is 0.944. The Bertz CT molecular complexity index is 271. The zero-order valence-electron chi connectivity index (χ0n) is 14.8. The molecule has 0 aliphatic carbocycles. The third-order valence-corrected chi connectivity index (χ3v) is 4.40. The average Bonchev–Trinajstić information content (AvgIpc) is 3.20. The van der Waals surface area contributed by atoms with E-state index in [4.69, 9.17) is 4.74 Å². The molecule has 1 saturated heterocycles. The molecule has 1 fully saturated rings. The molecule has 1 aliphatic rings. The normalized spacial score (nSPS) is 19.7. The van der Waals surface area contributed by atoms with Crippen molar-refractivity contribution in [2.45, 2.75) is 109 Å². The van der Waals surface area contributed by atoms with Crippen LogP contribution in [0.3, 0.4) is 0 Å². The number of carboxylic acid groups (broad SMARTS) is 1. The number of hydrogen-bond acceptors (Lipinski definition) is 3. The van der Waals surface area contributed by atoms with Gasteiger partial charge < -0.3 is 14.6 Å². The zero-order valence-corrected chi connectivity index (χ0v) is 16.8. The topological polar surface area (TPSA) is 52.7 Å². The van der Waals surface area contributed by atoms with Crippen LogP contribution in [0, 0.1) is 0 Å². The maximum Gasteiger partial charge on any atom is 1.00 e. The van der Waals surface area contributed by atoms with Gasteiger partial charge in [0.15, 0.2) is 0 Å². The van der Waals surface area contributed by atoms with Crippen LogP contribution in [0.15, 0.2) is 0 Å². The van der Waals surface area contributed by atoms with E-state index in [2.05, 4.69) is 6.92 Å². The van der Waals surface area contributed by atoms with Crippen LogP contribution in [0.1, 0.15) is 96.8 Å². The molecule has 0 spiro atoms. The van der Waals surface area contributed by atoms with Gasteiger partial charge in [-0.05, 0) is 25.7 Å². The number of hydrogen-bond donors (Lipinski definition) is 0. The molecule has 3 nitrogen and oxygen atoms in total. The molecule has 2 unspecified atom stereocenters. The van der Waals surface area contributed by atoms with Gasteiger partial charge in [-0.15, -0.1) is 0 Å². The van der Waals surface area contributed by atoms with Gasteiger partial charge in [-0.3, -0.25) is 0 Å². The predicted molar refractivity (Wildman–Crippen MR) is 84.0 cm³/mol. The maximum absolute atomic E-state index is 10.3. The number of epoxide rings is 1. The van der Waals surface area contributed by atoms with Crippen molar-refractivity contribution in [1.82, 2.24) is 0 Å². The molecule has 0 aromatic rings. The van der Waals surface area contributed by atoms with Gasteiger partial charge in [-0.1, -0.05) is 71.1 Å². The molecular formula is C18H33NaO3. The van der Waals surface area contributed by atoms with Gasteiger partial charge in [-0.25, -0.2) is 0 Å². The Balaban J connectivity index is 0.00000441. The molecule has 124 valence electrons. The van der Waals surface area contributed by atoms with Crippen molar-refractivity contribution in [3.05, 3.63) is 0 Å². The Morgan fingerprint density at radius 3 is 1.77 bits per heavy atom. The van der Waals surface area contributed by atoms with E-state index in [1.807, 2.05) is 0 Å².